The maximum atomic E-state index is 5.86. The highest BCUT2D eigenvalue weighted by atomic mass is 79.9. The Morgan fingerprint density at radius 2 is 2.07 bits per heavy atom. The molecule has 1 aromatic heterocycles. The van der Waals surface area contributed by atoms with Crippen molar-refractivity contribution in [1.82, 2.24) is 14.9 Å². The van der Waals surface area contributed by atoms with Crippen molar-refractivity contribution in [3.05, 3.63) is 28.7 Å². The molecule has 1 heterocycles. The van der Waals surface area contributed by atoms with Crippen LogP contribution in [0.2, 0.25) is 0 Å². The van der Waals surface area contributed by atoms with Crippen molar-refractivity contribution >= 4 is 27.7 Å². The van der Waals surface area contributed by atoms with Gasteiger partial charge in [0, 0.05) is 10.0 Å². The average molecular weight is 285 g/mol. The molecule has 0 amide bonds. The van der Waals surface area contributed by atoms with E-state index in [1.807, 2.05) is 30.5 Å². The molecule has 0 spiro atoms. The molecule has 0 aliphatic heterocycles. The summed E-state index contributed by atoms with van der Waals surface area (Å²) < 4.78 is 2.45. The van der Waals surface area contributed by atoms with Crippen LogP contribution in [-0.4, -0.2) is 21.1 Å². The lowest BCUT2D eigenvalue weighted by atomic mass is 10.2. The van der Waals surface area contributed by atoms with Gasteiger partial charge in [-0.2, -0.15) is 0 Å². The Morgan fingerprint density at radius 1 is 1.33 bits per heavy atom. The summed E-state index contributed by atoms with van der Waals surface area (Å²) in [6.07, 6.45) is 1.91. The summed E-state index contributed by atoms with van der Waals surface area (Å²) in [6, 6.07) is 7.78. The van der Waals surface area contributed by atoms with Gasteiger partial charge < -0.3 is 5.84 Å². The maximum absolute atomic E-state index is 5.86. The van der Waals surface area contributed by atoms with Crippen molar-refractivity contribution in [2.24, 2.45) is 0 Å². The first-order chi connectivity index (χ1) is 7.24. The standard InChI is InChI=1S/C9H9BrN4S/c1-15-9-13-12-8(14(9)11)6-4-2-3-5-7(6)10/h2-5H,11H2,1H3. The Balaban J connectivity index is 2.55. The molecule has 1 aromatic carbocycles. The van der Waals surface area contributed by atoms with Gasteiger partial charge in [0.2, 0.25) is 5.16 Å². The predicted molar refractivity (Wildman–Crippen MR) is 65.1 cm³/mol. The van der Waals surface area contributed by atoms with E-state index >= 15 is 0 Å². The molecule has 6 heteroatoms. The number of aromatic nitrogens is 3. The zero-order valence-corrected chi connectivity index (χ0v) is 10.4. The first kappa shape index (κ1) is 10.5. The number of thioether (sulfide) groups is 1. The Hall–Kier alpha value is -1.01. The van der Waals surface area contributed by atoms with E-state index in [-0.39, 0.29) is 0 Å². The van der Waals surface area contributed by atoms with Gasteiger partial charge in [0.15, 0.2) is 5.82 Å². The molecule has 0 radical (unpaired) electrons. The fourth-order valence-corrected chi connectivity index (χ4v) is 2.11. The second-order valence-electron chi connectivity index (χ2n) is 2.86. The highest BCUT2D eigenvalue weighted by molar-refractivity contribution is 9.10. The van der Waals surface area contributed by atoms with Crippen LogP contribution in [0.1, 0.15) is 0 Å². The third kappa shape index (κ3) is 1.87. The van der Waals surface area contributed by atoms with Gasteiger partial charge in [-0.1, -0.05) is 39.8 Å². The normalized spacial score (nSPS) is 10.5. The van der Waals surface area contributed by atoms with E-state index in [0.29, 0.717) is 11.0 Å². The van der Waals surface area contributed by atoms with Gasteiger partial charge in [0.25, 0.3) is 0 Å². The summed E-state index contributed by atoms with van der Waals surface area (Å²) in [6.45, 7) is 0. The molecule has 2 rings (SSSR count). The van der Waals surface area contributed by atoms with E-state index < -0.39 is 0 Å². The fourth-order valence-electron chi connectivity index (χ4n) is 1.24. The van der Waals surface area contributed by atoms with Gasteiger partial charge in [-0.25, -0.2) is 4.68 Å². The van der Waals surface area contributed by atoms with Crippen LogP contribution >= 0.6 is 27.7 Å². The third-order valence-electron chi connectivity index (χ3n) is 1.96. The van der Waals surface area contributed by atoms with E-state index in [4.69, 9.17) is 5.84 Å². The molecule has 0 saturated heterocycles. The molecule has 0 unspecified atom stereocenters. The number of hydrogen-bond acceptors (Lipinski definition) is 4. The summed E-state index contributed by atoms with van der Waals surface area (Å²) in [7, 11) is 0. The predicted octanol–water partition coefficient (Wildman–Crippen LogP) is 2.14. The van der Waals surface area contributed by atoms with Gasteiger partial charge >= 0.3 is 0 Å². The quantitative estimate of drug-likeness (QED) is 0.678. The van der Waals surface area contributed by atoms with E-state index in [1.165, 1.54) is 16.4 Å². The minimum atomic E-state index is 0.659. The second-order valence-corrected chi connectivity index (χ2v) is 4.49. The van der Waals surface area contributed by atoms with Gasteiger partial charge in [0.05, 0.1) is 0 Å². The number of benzene rings is 1. The van der Waals surface area contributed by atoms with Crippen molar-refractivity contribution in [3.8, 4) is 11.4 Å². The number of rotatable bonds is 2. The van der Waals surface area contributed by atoms with Gasteiger partial charge in [-0.3, -0.25) is 0 Å². The van der Waals surface area contributed by atoms with Crippen LogP contribution in [0.5, 0.6) is 0 Å². The lowest BCUT2D eigenvalue weighted by molar-refractivity contribution is 0.852. The van der Waals surface area contributed by atoms with Crippen molar-refractivity contribution in [3.63, 3.8) is 0 Å². The number of hydrogen-bond donors (Lipinski definition) is 1. The molecule has 15 heavy (non-hydrogen) atoms. The van der Waals surface area contributed by atoms with Crippen molar-refractivity contribution in [2.45, 2.75) is 5.16 Å². The Labute approximate surface area is 100.0 Å². The largest absolute Gasteiger partial charge is 0.335 e. The summed E-state index contributed by atoms with van der Waals surface area (Å²) in [5.41, 5.74) is 0.938. The number of nitrogen functional groups attached to an aromatic ring is 1. The summed E-state index contributed by atoms with van der Waals surface area (Å²) >= 11 is 4.92. The fraction of sp³-hybridized carbons (Fsp3) is 0.111. The van der Waals surface area contributed by atoms with Crippen molar-refractivity contribution < 1.29 is 0 Å². The molecule has 4 nitrogen and oxygen atoms in total. The summed E-state index contributed by atoms with van der Waals surface area (Å²) in [4.78, 5) is 0. The molecule has 2 aromatic rings. The molecular formula is C9H9BrN4S. The Bertz CT molecular complexity index is 483. The van der Waals surface area contributed by atoms with Gasteiger partial charge in [-0.05, 0) is 18.4 Å². The molecule has 0 fully saturated rings. The van der Waals surface area contributed by atoms with Crippen LogP contribution in [0.25, 0.3) is 11.4 Å². The molecule has 0 aliphatic rings. The van der Waals surface area contributed by atoms with Crippen LogP contribution in [0.3, 0.4) is 0 Å². The van der Waals surface area contributed by atoms with E-state index in [1.54, 1.807) is 0 Å². The number of halogens is 1. The zero-order chi connectivity index (χ0) is 10.8. The van der Waals surface area contributed by atoms with Gasteiger partial charge in [-0.15, -0.1) is 10.2 Å². The average Bonchev–Trinajstić information content (AvgIpc) is 2.60. The number of nitrogens with two attached hydrogens (primary N) is 1. The van der Waals surface area contributed by atoms with Crippen molar-refractivity contribution in [1.29, 1.82) is 0 Å². The van der Waals surface area contributed by atoms with Crippen LogP contribution in [0.15, 0.2) is 33.9 Å². The summed E-state index contributed by atoms with van der Waals surface area (Å²) in [5.74, 6) is 6.52. The molecule has 0 bridgehead atoms. The summed E-state index contributed by atoms with van der Waals surface area (Å²) in [5, 5.41) is 8.73. The Morgan fingerprint density at radius 3 is 2.67 bits per heavy atom. The molecule has 0 aliphatic carbocycles. The molecule has 0 saturated carbocycles. The monoisotopic (exact) mass is 284 g/mol. The smallest absolute Gasteiger partial charge is 0.209 e. The highest BCUT2D eigenvalue weighted by Crippen LogP contribution is 2.27. The highest BCUT2D eigenvalue weighted by Gasteiger charge is 2.12. The first-order valence-electron chi connectivity index (χ1n) is 4.23. The van der Waals surface area contributed by atoms with Crippen LogP contribution < -0.4 is 5.84 Å². The lowest BCUT2D eigenvalue weighted by Gasteiger charge is -2.03. The lowest BCUT2D eigenvalue weighted by Crippen LogP contribution is -2.11. The number of nitrogens with zero attached hydrogens (tertiary/aromatic N) is 3. The van der Waals surface area contributed by atoms with Crippen LogP contribution in [-0.2, 0) is 0 Å². The topological polar surface area (TPSA) is 56.7 Å². The van der Waals surface area contributed by atoms with Crippen LogP contribution in [0, 0.1) is 0 Å². The third-order valence-corrected chi connectivity index (χ3v) is 3.30. The molecule has 2 N–H and O–H groups in total. The Kier molecular flexibility index (Phi) is 2.97. The molecule has 78 valence electrons. The van der Waals surface area contributed by atoms with E-state index in [0.717, 1.165) is 10.0 Å². The molecular weight excluding hydrogens is 276 g/mol. The van der Waals surface area contributed by atoms with E-state index in [2.05, 4.69) is 26.1 Å². The molecule has 0 atom stereocenters. The SMILES string of the molecule is CSc1nnc(-c2ccccc2Br)n1N. The minimum Gasteiger partial charge on any atom is -0.335 e. The minimum absolute atomic E-state index is 0.659. The van der Waals surface area contributed by atoms with E-state index in [9.17, 15) is 0 Å². The van der Waals surface area contributed by atoms with Crippen LogP contribution in [0.4, 0.5) is 0 Å². The first-order valence-corrected chi connectivity index (χ1v) is 6.25. The second kappa shape index (κ2) is 4.24. The maximum Gasteiger partial charge on any atom is 0.209 e. The van der Waals surface area contributed by atoms with Gasteiger partial charge in [0.1, 0.15) is 0 Å². The zero-order valence-electron chi connectivity index (χ0n) is 8.01. The van der Waals surface area contributed by atoms with Crippen molar-refractivity contribution in [2.75, 3.05) is 12.1 Å².